The number of halogens is 6. The monoisotopic (exact) mass is 569 g/mol. The highest BCUT2D eigenvalue weighted by atomic mass is 32.2. The molecule has 0 unspecified atom stereocenters. The number of hydrogen-bond donors (Lipinski definition) is 1. The molecule has 4 rings (SSSR count). The Kier molecular flexibility index (Phi) is 8.40. The largest absolute Gasteiger partial charge is 0.416 e. The zero-order valence-corrected chi connectivity index (χ0v) is 21.8. The number of hydrogen-bond acceptors (Lipinski definition) is 5. The summed E-state index contributed by atoms with van der Waals surface area (Å²) in [5, 5.41) is 7.40. The van der Waals surface area contributed by atoms with Crippen LogP contribution < -0.4 is 5.32 Å². The van der Waals surface area contributed by atoms with Crippen LogP contribution in [0, 0.1) is 0 Å². The molecule has 208 valence electrons. The number of aliphatic imine (C=N–C) groups is 1. The van der Waals surface area contributed by atoms with E-state index in [4.69, 9.17) is 0 Å². The number of amidine groups is 1. The maximum Gasteiger partial charge on any atom is 0.416 e. The van der Waals surface area contributed by atoms with Crippen molar-refractivity contribution in [1.29, 1.82) is 0 Å². The third-order valence-electron chi connectivity index (χ3n) is 6.19. The standard InChI is InChI=1S/C26H25F6N5OS/c1-3-36(4-2)10-9-33-23-22(39-24(38)34-23)12-16-5-8-21-18(11-16)15-37(35-21)14-17-6-7-19(25(27,28)29)13-20(17)26(30,31)32/h5-8,11-13,15H,3-4,9-10,14H2,1-2H3,(H,33,34,38)/b22-12+. The van der Waals surface area contributed by atoms with Crippen LogP contribution in [0.4, 0.5) is 31.1 Å². The van der Waals surface area contributed by atoms with E-state index < -0.39 is 23.5 Å². The fraction of sp³-hybridized carbons (Fsp3) is 0.346. The molecule has 0 saturated carbocycles. The molecule has 1 aromatic heterocycles. The molecule has 2 heterocycles. The maximum atomic E-state index is 13.5. The highest BCUT2D eigenvalue weighted by molar-refractivity contribution is 8.18. The number of fused-ring (bicyclic) bond motifs is 1. The summed E-state index contributed by atoms with van der Waals surface area (Å²) < 4.78 is 80.8. The van der Waals surface area contributed by atoms with Gasteiger partial charge in [-0.2, -0.15) is 31.4 Å². The van der Waals surface area contributed by atoms with Crippen molar-refractivity contribution in [3.05, 3.63) is 69.8 Å². The van der Waals surface area contributed by atoms with Crippen molar-refractivity contribution >= 4 is 39.8 Å². The van der Waals surface area contributed by atoms with Gasteiger partial charge in [0.25, 0.3) is 5.24 Å². The van der Waals surface area contributed by atoms with Crippen LogP contribution in [0.15, 0.2) is 52.5 Å². The van der Waals surface area contributed by atoms with Crippen molar-refractivity contribution < 1.29 is 31.1 Å². The number of benzene rings is 2. The Labute approximate surface area is 224 Å². The number of likely N-dealkylation sites (N-methyl/N-ethyl adjacent to an activating group) is 1. The number of thioether (sulfide) groups is 1. The predicted octanol–water partition coefficient (Wildman–Crippen LogP) is 6.66. The molecule has 13 heteroatoms. The molecule has 1 N–H and O–H groups in total. The number of carbonyl (C=O) groups excluding carboxylic acids is 1. The van der Waals surface area contributed by atoms with Crippen molar-refractivity contribution in [1.82, 2.24) is 20.0 Å². The molecule has 3 aromatic rings. The van der Waals surface area contributed by atoms with E-state index in [0.717, 1.165) is 43.0 Å². The number of aromatic nitrogens is 2. The van der Waals surface area contributed by atoms with Gasteiger partial charge in [-0.05, 0) is 66.3 Å². The highest BCUT2D eigenvalue weighted by Crippen LogP contribution is 2.37. The lowest BCUT2D eigenvalue weighted by molar-refractivity contribution is -0.143. The number of alkyl halides is 6. The first-order chi connectivity index (χ1) is 18.4. The van der Waals surface area contributed by atoms with Crippen molar-refractivity contribution in [2.24, 2.45) is 4.99 Å². The summed E-state index contributed by atoms with van der Waals surface area (Å²) in [6.45, 7) is 6.83. The second-order valence-corrected chi connectivity index (χ2v) is 9.81. The summed E-state index contributed by atoms with van der Waals surface area (Å²) in [6.07, 6.45) is -6.54. The van der Waals surface area contributed by atoms with Gasteiger partial charge in [0.15, 0.2) is 0 Å². The van der Waals surface area contributed by atoms with E-state index in [-0.39, 0.29) is 23.4 Å². The molecule has 1 saturated heterocycles. The topological polar surface area (TPSA) is 62.5 Å². The highest BCUT2D eigenvalue weighted by Gasteiger charge is 2.38. The zero-order valence-electron chi connectivity index (χ0n) is 21.0. The van der Waals surface area contributed by atoms with Gasteiger partial charge < -0.3 is 10.2 Å². The molecular formula is C26H25F6N5OS. The molecule has 1 aliphatic rings. The second kappa shape index (κ2) is 11.4. The Morgan fingerprint density at radius 3 is 2.46 bits per heavy atom. The van der Waals surface area contributed by atoms with Crippen LogP contribution >= 0.6 is 11.8 Å². The summed E-state index contributed by atoms with van der Waals surface area (Å²) in [5.74, 6) is 0.481. The normalized spacial score (nSPS) is 16.7. The van der Waals surface area contributed by atoms with E-state index in [2.05, 4.69) is 34.2 Å². The average molecular weight is 570 g/mol. The van der Waals surface area contributed by atoms with Crippen LogP contribution in [-0.4, -0.2) is 51.9 Å². The predicted molar refractivity (Wildman–Crippen MR) is 139 cm³/mol. The van der Waals surface area contributed by atoms with E-state index >= 15 is 0 Å². The minimum absolute atomic E-state index is 0.124. The van der Waals surface area contributed by atoms with Gasteiger partial charge in [-0.25, -0.2) is 0 Å². The minimum atomic E-state index is -4.96. The number of amides is 1. The van der Waals surface area contributed by atoms with Gasteiger partial charge in [0.1, 0.15) is 5.84 Å². The summed E-state index contributed by atoms with van der Waals surface area (Å²) in [6, 6.07) is 6.79. The van der Waals surface area contributed by atoms with Crippen molar-refractivity contribution in [2.45, 2.75) is 32.7 Å². The first kappa shape index (κ1) is 28.7. The first-order valence-electron chi connectivity index (χ1n) is 12.1. The summed E-state index contributed by atoms with van der Waals surface area (Å²) in [7, 11) is 0. The molecule has 2 aromatic carbocycles. The number of nitrogens with zero attached hydrogens (tertiary/aromatic N) is 4. The molecule has 1 fully saturated rings. The van der Waals surface area contributed by atoms with Gasteiger partial charge in [0.05, 0.1) is 34.6 Å². The fourth-order valence-electron chi connectivity index (χ4n) is 4.14. The molecule has 0 spiro atoms. The third kappa shape index (κ3) is 7.01. The minimum Gasteiger partial charge on any atom is -0.302 e. The van der Waals surface area contributed by atoms with E-state index in [1.165, 1.54) is 10.9 Å². The quantitative estimate of drug-likeness (QED) is 0.308. The van der Waals surface area contributed by atoms with E-state index in [1.807, 2.05) is 0 Å². The van der Waals surface area contributed by atoms with Gasteiger partial charge in [-0.15, -0.1) is 0 Å². The van der Waals surface area contributed by atoms with Crippen LogP contribution in [0.2, 0.25) is 0 Å². The van der Waals surface area contributed by atoms with Crippen LogP contribution in [0.25, 0.3) is 17.0 Å². The molecule has 0 bridgehead atoms. The van der Waals surface area contributed by atoms with Crippen molar-refractivity contribution in [3.63, 3.8) is 0 Å². The Balaban J connectivity index is 1.58. The summed E-state index contributed by atoms with van der Waals surface area (Å²) in [5.41, 5.74) is -1.83. The lowest BCUT2D eigenvalue weighted by Gasteiger charge is -2.16. The molecular weight excluding hydrogens is 544 g/mol. The van der Waals surface area contributed by atoms with Crippen LogP contribution in [-0.2, 0) is 18.9 Å². The molecule has 0 radical (unpaired) electrons. The van der Waals surface area contributed by atoms with Crippen molar-refractivity contribution in [2.75, 3.05) is 26.2 Å². The van der Waals surface area contributed by atoms with Gasteiger partial charge in [0.2, 0.25) is 0 Å². The average Bonchev–Trinajstić information content (AvgIpc) is 3.42. The Morgan fingerprint density at radius 2 is 1.79 bits per heavy atom. The van der Waals surface area contributed by atoms with Gasteiger partial charge in [0, 0.05) is 18.1 Å². The van der Waals surface area contributed by atoms with Crippen LogP contribution in [0.1, 0.15) is 36.1 Å². The Bertz CT molecular complexity index is 1420. The van der Waals surface area contributed by atoms with Crippen molar-refractivity contribution in [3.8, 4) is 0 Å². The molecule has 0 atom stereocenters. The third-order valence-corrected chi connectivity index (χ3v) is 7.00. The first-order valence-corrected chi connectivity index (χ1v) is 12.9. The van der Waals surface area contributed by atoms with Crippen LogP contribution in [0.3, 0.4) is 0 Å². The van der Waals surface area contributed by atoms with E-state index in [0.29, 0.717) is 34.3 Å². The second-order valence-electron chi connectivity index (χ2n) is 8.79. The Hall–Kier alpha value is -3.32. The van der Waals surface area contributed by atoms with Gasteiger partial charge in [-0.1, -0.05) is 26.0 Å². The smallest absolute Gasteiger partial charge is 0.302 e. The van der Waals surface area contributed by atoms with E-state index in [1.54, 1.807) is 24.3 Å². The number of rotatable bonds is 8. The molecule has 6 nitrogen and oxygen atoms in total. The van der Waals surface area contributed by atoms with Gasteiger partial charge in [-0.3, -0.25) is 14.5 Å². The lowest BCUT2D eigenvalue weighted by Crippen LogP contribution is -2.27. The number of nitrogens with one attached hydrogen (secondary N) is 1. The fourth-order valence-corrected chi connectivity index (χ4v) is 4.89. The molecule has 1 amide bonds. The van der Waals surface area contributed by atoms with Crippen LogP contribution in [0.5, 0.6) is 0 Å². The number of carbonyl (C=O) groups is 1. The Morgan fingerprint density at radius 1 is 1.05 bits per heavy atom. The lowest BCUT2D eigenvalue weighted by atomic mass is 10.0. The summed E-state index contributed by atoms with van der Waals surface area (Å²) >= 11 is 1.02. The summed E-state index contributed by atoms with van der Waals surface area (Å²) in [4.78, 5) is 19.4. The molecule has 0 aliphatic carbocycles. The zero-order chi connectivity index (χ0) is 28.4. The maximum absolute atomic E-state index is 13.5. The van der Waals surface area contributed by atoms with Gasteiger partial charge >= 0.3 is 12.4 Å². The molecule has 39 heavy (non-hydrogen) atoms. The SMILES string of the molecule is CCN(CC)CCN=C1NC(=O)S/C1=C/c1ccc2nn(Cc3ccc(C(F)(F)F)cc3C(F)(F)F)cc2c1. The van der Waals surface area contributed by atoms with E-state index in [9.17, 15) is 31.1 Å². The molecule has 1 aliphatic heterocycles.